The molecule has 2 heterocycles. The lowest BCUT2D eigenvalue weighted by atomic mass is 9.87. The molecule has 1 aromatic heterocycles. The fraction of sp³-hybridized carbons (Fsp3) is 0.552. The minimum absolute atomic E-state index is 0.382. The normalized spacial score (nSPS) is 18.5. The van der Waals surface area contributed by atoms with Gasteiger partial charge in [0.25, 0.3) is 0 Å². The van der Waals surface area contributed by atoms with Gasteiger partial charge in [0.05, 0.1) is 5.52 Å². The van der Waals surface area contributed by atoms with E-state index in [9.17, 15) is 0 Å². The number of benzene rings is 2. The van der Waals surface area contributed by atoms with Crippen molar-refractivity contribution < 1.29 is 0 Å². The smallest absolute Gasteiger partial charge is 0.0926 e. The Morgan fingerprint density at radius 2 is 1.62 bits per heavy atom. The maximum atomic E-state index is 4.92. The molecule has 0 fully saturated rings. The second-order valence-corrected chi connectivity index (χ2v) is 10.7. The van der Waals surface area contributed by atoms with E-state index in [0.29, 0.717) is 30.0 Å². The lowest BCUT2D eigenvalue weighted by Gasteiger charge is -2.37. The summed E-state index contributed by atoms with van der Waals surface area (Å²) in [5.74, 6) is 1.05. The Kier molecular flexibility index (Phi) is 6.76. The van der Waals surface area contributed by atoms with Gasteiger partial charge in [-0.3, -0.25) is 9.58 Å². The van der Waals surface area contributed by atoms with Crippen LogP contribution in [0.2, 0.25) is 0 Å². The van der Waals surface area contributed by atoms with Crippen LogP contribution in [0.4, 0.5) is 0 Å². The number of rotatable bonds is 6. The molecule has 2 atom stereocenters. The Morgan fingerprint density at radius 1 is 0.906 bits per heavy atom. The molecule has 32 heavy (non-hydrogen) atoms. The molecule has 172 valence electrons. The van der Waals surface area contributed by atoms with Crippen molar-refractivity contribution in [2.75, 3.05) is 6.54 Å². The summed E-state index contributed by atoms with van der Waals surface area (Å²) in [6.07, 6.45) is 3.42. The van der Waals surface area contributed by atoms with Gasteiger partial charge in [0.2, 0.25) is 0 Å². The lowest BCUT2D eigenvalue weighted by Crippen LogP contribution is -2.45. The van der Waals surface area contributed by atoms with E-state index >= 15 is 0 Å². The van der Waals surface area contributed by atoms with Crippen molar-refractivity contribution in [3.05, 3.63) is 64.8 Å². The van der Waals surface area contributed by atoms with Crippen LogP contribution in [0.5, 0.6) is 0 Å². The molecule has 0 saturated heterocycles. The van der Waals surface area contributed by atoms with Crippen molar-refractivity contribution in [3.8, 4) is 0 Å². The van der Waals surface area contributed by atoms with E-state index in [4.69, 9.17) is 5.10 Å². The largest absolute Gasteiger partial charge is 0.297 e. The van der Waals surface area contributed by atoms with Crippen LogP contribution < -0.4 is 0 Å². The monoisotopic (exact) mass is 431 g/mol. The lowest BCUT2D eigenvalue weighted by molar-refractivity contribution is 0.117. The quantitative estimate of drug-likeness (QED) is 0.428. The molecule has 2 aromatic carbocycles. The average Bonchev–Trinajstić information content (AvgIpc) is 3.01. The fourth-order valence-electron chi connectivity index (χ4n) is 5.70. The molecule has 0 spiro atoms. The van der Waals surface area contributed by atoms with Gasteiger partial charge in [-0.2, -0.15) is 5.10 Å². The Morgan fingerprint density at radius 3 is 2.28 bits per heavy atom. The second kappa shape index (κ2) is 9.39. The van der Waals surface area contributed by atoms with Gasteiger partial charge < -0.3 is 0 Å². The van der Waals surface area contributed by atoms with Crippen molar-refractivity contribution in [1.82, 2.24) is 14.7 Å². The second-order valence-electron chi connectivity index (χ2n) is 10.7. The Bertz CT molecular complexity index is 1060. The zero-order chi connectivity index (χ0) is 23.0. The average molecular weight is 432 g/mol. The third kappa shape index (κ3) is 4.50. The Hall–Kier alpha value is -2.13. The molecule has 2 unspecified atom stereocenters. The van der Waals surface area contributed by atoms with Crippen molar-refractivity contribution >= 4 is 10.9 Å². The van der Waals surface area contributed by atoms with E-state index in [1.54, 1.807) is 5.56 Å². The summed E-state index contributed by atoms with van der Waals surface area (Å²) >= 11 is 0. The molecule has 0 saturated carbocycles. The molecule has 3 heteroatoms. The Balaban J connectivity index is 1.64. The fourth-order valence-corrected chi connectivity index (χ4v) is 5.70. The molecular formula is C29H41N3. The van der Waals surface area contributed by atoms with Gasteiger partial charge in [0.15, 0.2) is 0 Å². The Labute approximate surface area is 194 Å². The van der Waals surface area contributed by atoms with Crippen LogP contribution in [0.25, 0.3) is 10.9 Å². The molecule has 3 aromatic rings. The van der Waals surface area contributed by atoms with Crippen molar-refractivity contribution in [2.45, 2.75) is 91.8 Å². The molecule has 1 aliphatic rings. The summed E-state index contributed by atoms with van der Waals surface area (Å²) in [7, 11) is 0. The summed E-state index contributed by atoms with van der Waals surface area (Å²) in [6, 6.07) is 17.6. The molecule has 3 nitrogen and oxygen atoms in total. The summed E-state index contributed by atoms with van der Waals surface area (Å²) < 4.78 is 2.23. The summed E-state index contributed by atoms with van der Waals surface area (Å²) in [4.78, 5) is 2.75. The number of aromatic nitrogens is 2. The molecule has 0 amide bonds. The van der Waals surface area contributed by atoms with Gasteiger partial charge in [-0.05, 0) is 87.6 Å². The zero-order valence-electron chi connectivity index (χ0n) is 21.1. The third-order valence-electron chi connectivity index (χ3n) is 7.33. The predicted molar refractivity (Wildman–Crippen MR) is 137 cm³/mol. The van der Waals surface area contributed by atoms with Gasteiger partial charge in [-0.25, -0.2) is 0 Å². The van der Waals surface area contributed by atoms with Crippen molar-refractivity contribution in [1.29, 1.82) is 0 Å². The number of hydrogen-bond acceptors (Lipinski definition) is 2. The van der Waals surface area contributed by atoms with Gasteiger partial charge in [0.1, 0.15) is 0 Å². The van der Waals surface area contributed by atoms with E-state index in [1.807, 2.05) is 0 Å². The SMILES string of the molecule is CC(C)c1c2cc(CC(C)C3Cc4ccccc4CCN3C(C)C)ccc2nn1C(C)C. The first-order valence-corrected chi connectivity index (χ1v) is 12.6. The van der Waals surface area contributed by atoms with Crippen molar-refractivity contribution in [2.24, 2.45) is 5.92 Å². The van der Waals surface area contributed by atoms with E-state index in [2.05, 4.69) is 101 Å². The summed E-state index contributed by atoms with van der Waals surface area (Å²) in [6.45, 7) is 17.4. The molecular weight excluding hydrogens is 390 g/mol. The number of fused-ring (bicyclic) bond motifs is 2. The highest BCUT2D eigenvalue weighted by atomic mass is 15.3. The van der Waals surface area contributed by atoms with Gasteiger partial charge in [-0.15, -0.1) is 0 Å². The first-order chi connectivity index (χ1) is 15.3. The molecule has 0 N–H and O–H groups in total. The number of hydrogen-bond donors (Lipinski definition) is 0. The number of nitrogens with zero attached hydrogens (tertiary/aromatic N) is 3. The zero-order valence-corrected chi connectivity index (χ0v) is 21.1. The molecule has 0 radical (unpaired) electrons. The standard InChI is InChI=1S/C29H41N3/c1-19(2)29-26-17-23(12-13-27(26)30-32(29)21(5)6)16-22(7)28-18-25-11-9-8-10-24(25)14-15-31(28)20(3)4/h8-13,17,19-22,28H,14-16,18H2,1-7H3. The first-order valence-electron chi connectivity index (χ1n) is 12.6. The van der Waals surface area contributed by atoms with Crippen LogP contribution in [0, 0.1) is 5.92 Å². The maximum Gasteiger partial charge on any atom is 0.0926 e. The van der Waals surface area contributed by atoms with E-state index in [1.165, 1.54) is 22.2 Å². The van der Waals surface area contributed by atoms with Crippen molar-refractivity contribution in [3.63, 3.8) is 0 Å². The van der Waals surface area contributed by atoms with E-state index in [0.717, 1.165) is 31.3 Å². The van der Waals surface area contributed by atoms with E-state index in [-0.39, 0.29) is 0 Å². The van der Waals surface area contributed by atoms with Crippen LogP contribution in [0.3, 0.4) is 0 Å². The van der Waals surface area contributed by atoms with Gasteiger partial charge >= 0.3 is 0 Å². The van der Waals surface area contributed by atoms with Gasteiger partial charge in [-0.1, -0.05) is 51.1 Å². The molecule has 4 rings (SSSR count). The topological polar surface area (TPSA) is 21.1 Å². The van der Waals surface area contributed by atoms with Crippen LogP contribution in [0.1, 0.15) is 82.8 Å². The molecule has 0 aliphatic carbocycles. The summed E-state index contributed by atoms with van der Waals surface area (Å²) in [5.41, 5.74) is 7.03. The van der Waals surface area contributed by atoms with Gasteiger partial charge in [0, 0.05) is 35.8 Å². The summed E-state index contributed by atoms with van der Waals surface area (Å²) in [5, 5.41) is 6.26. The minimum atomic E-state index is 0.382. The van der Waals surface area contributed by atoms with Crippen LogP contribution >= 0.6 is 0 Å². The molecule has 1 aliphatic heterocycles. The van der Waals surface area contributed by atoms with Crippen LogP contribution in [0.15, 0.2) is 42.5 Å². The highest BCUT2D eigenvalue weighted by molar-refractivity contribution is 5.83. The highest BCUT2D eigenvalue weighted by Gasteiger charge is 2.30. The first kappa shape index (κ1) is 23.0. The maximum absolute atomic E-state index is 4.92. The minimum Gasteiger partial charge on any atom is -0.297 e. The van der Waals surface area contributed by atoms with Crippen LogP contribution in [-0.4, -0.2) is 33.3 Å². The third-order valence-corrected chi connectivity index (χ3v) is 7.33. The highest BCUT2D eigenvalue weighted by Crippen LogP contribution is 2.31. The predicted octanol–water partition coefficient (Wildman–Crippen LogP) is 6.80. The molecule has 0 bridgehead atoms. The van der Waals surface area contributed by atoms with Crippen LogP contribution in [-0.2, 0) is 19.3 Å². The van der Waals surface area contributed by atoms with E-state index < -0.39 is 0 Å².